The molecule has 5 heteroatoms. The summed E-state index contributed by atoms with van der Waals surface area (Å²) in [6.45, 7) is 0.345. The number of halogens is 2. The molecule has 0 aliphatic carbocycles. The molecule has 1 amide bonds. The molecule has 2 rings (SSSR count). The van der Waals surface area contributed by atoms with Gasteiger partial charge in [0.15, 0.2) is 0 Å². The van der Waals surface area contributed by atoms with Crippen LogP contribution in [0.25, 0.3) is 0 Å². The molecule has 1 heterocycles. The van der Waals surface area contributed by atoms with Crippen LogP contribution in [0, 0.1) is 5.82 Å². The third-order valence-corrected chi connectivity index (χ3v) is 2.38. The summed E-state index contributed by atoms with van der Waals surface area (Å²) in [6.07, 6.45) is -0.323. The first kappa shape index (κ1) is 10.4. The standard InChI is InChI=1S/C10H9ClFNO2/c11-7-1-6(2-8(12)3-7)9-4-13-10(14)5-15-9/h1-3,9H,4-5H2,(H,13,14)/t9-/m0/s1. The van der Waals surface area contributed by atoms with E-state index < -0.39 is 5.82 Å². The van der Waals surface area contributed by atoms with Crippen LogP contribution in [0.2, 0.25) is 5.02 Å². The van der Waals surface area contributed by atoms with Gasteiger partial charge in [0.1, 0.15) is 18.5 Å². The van der Waals surface area contributed by atoms with E-state index in [2.05, 4.69) is 5.32 Å². The van der Waals surface area contributed by atoms with Crippen molar-refractivity contribution in [3.63, 3.8) is 0 Å². The lowest BCUT2D eigenvalue weighted by Gasteiger charge is -2.23. The van der Waals surface area contributed by atoms with Crippen LogP contribution in [0.15, 0.2) is 18.2 Å². The smallest absolute Gasteiger partial charge is 0.246 e. The number of carbonyl (C=O) groups excluding carboxylic acids is 1. The summed E-state index contributed by atoms with van der Waals surface area (Å²) in [5, 5.41) is 2.96. The number of carbonyl (C=O) groups is 1. The third-order valence-electron chi connectivity index (χ3n) is 2.16. The van der Waals surface area contributed by atoms with Gasteiger partial charge in [-0.05, 0) is 23.8 Å². The van der Waals surface area contributed by atoms with Gasteiger partial charge in [0.2, 0.25) is 5.91 Å². The topological polar surface area (TPSA) is 38.3 Å². The van der Waals surface area contributed by atoms with E-state index in [1.807, 2.05) is 0 Å². The molecule has 1 atom stereocenters. The SMILES string of the molecule is O=C1CO[C@H](c2cc(F)cc(Cl)c2)CN1. The van der Waals surface area contributed by atoms with Crippen molar-refractivity contribution in [1.82, 2.24) is 5.32 Å². The Kier molecular flexibility index (Phi) is 2.88. The number of morpholine rings is 1. The average molecular weight is 230 g/mol. The van der Waals surface area contributed by atoms with E-state index in [9.17, 15) is 9.18 Å². The first-order chi connectivity index (χ1) is 7.15. The molecule has 0 radical (unpaired) electrons. The minimum Gasteiger partial charge on any atom is -0.362 e. The molecule has 1 saturated heterocycles. The number of hydrogen-bond donors (Lipinski definition) is 1. The lowest BCUT2D eigenvalue weighted by atomic mass is 10.1. The maximum absolute atomic E-state index is 13.0. The first-order valence-corrected chi connectivity index (χ1v) is 4.87. The van der Waals surface area contributed by atoms with Crippen LogP contribution in [0.3, 0.4) is 0 Å². The van der Waals surface area contributed by atoms with Crippen LogP contribution in [0.4, 0.5) is 4.39 Å². The van der Waals surface area contributed by atoms with Gasteiger partial charge in [-0.15, -0.1) is 0 Å². The maximum atomic E-state index is 13.0. The highest BCUT2D eigenvalue weighted by molar-refractivity contribution is 6.30. The Balaban J connectivity index is 2.18. The summed E-state index contributed by atoms with van der Waals surface area (Å²) in [5.74, 6) is -0.563. The van der Waals surface area contributed by atoms with Crippen LogP contribution in [-0.4, -0.2) is 19.1 Å². The van der Waals surface area contributed by atoms with Gasteiger partial charge >= 0.3 is 0 Å². The molecule has 1 aliphatic rings. The van der Waals surface area contributed by atoms with Crippen LogP contribution < -0.4 is 5.32 Å². The molecular weight excluding hydrogens is 221 g/mol. The first-order valence-electron chi connectivity index (χ1n) is 4.49. The summed E-state index contributed by atoms with van der Waals surface area (Å²) in [7, 11) is 0. The highest BCUT2D eigenvalue weighted by Gasteiger charge is 2.20. The molecule has 0 aromatic heterocycles. The van der Waals surface area contributed by atoms with E-state index in [0.29, 0.717) is 17.1 Å². The molecule has 0 saturated carbocycles. The van der Waals surface area contributed by atoms with Crippen molar-refractivity contribution in [1.29, 1.82) is 0 Å². The Morgan fingerprint density at radius 3 is 2.87 bits per heavy atom. The number of ether oxygens (including phenoxy) is 1. The molecular formula is C10H9ClFNO2. The highest BCUT2D eigenvalue weighted by Crippen LogP contribution is 2.23. The number of amides is 1. The van der Waals surface area contributed by atoms with Crippen molar-refractivity contribution in [3.8, 4) is 0 Å². The van der Waals surface area contributed by atoms with Crippen molar-refractivity contribution >= 4 is 17.5 Å². The summed E-state index contributed by atoms with van der Waals surface area (Å²) in [5.41, 5.74) is 0.639. The van der Waals surface area contributed by atoms with E-state index in [4.69, 9.17) is 16.3 Å². The Morgan fingerprint density at radius 2 is 2.27 bits per heavy atom. The lowest BCUT2D eigenvalue weighted by Crippen LogP contribution is -2.38. The maximum Gasteiger partial charge on any atom is 0.246 e. The van der Waals surface area contributed by atoms with Crippen LogP contribution in [0.1, 0.15) is 11.7 Å². The summed E-state index contributed by atoms with van der Waals surface area (Å²) < 4.78 is 18.3. The molecule has 0 spiro atoms. The van der Waals surface area contributed by atoms with Crippen LogP contribution in [0.5, 0.6) is 0 Å². The zero-order valence-electron chi connectivity index (χ0n) is 7.80. The molecule has 0 bridgehead atoms. The van der Waals surface area contributed by atoms with Gasteiger partial charge in [0.25, 0.3) is 0 Å². The molecule has 1 aromatic rings. The molecule has 15 heavy (non-hydrogen) atoms. The van der Waals surface area contributed by atoms with Gasteiger partial charge in [-0.3, -0.25) is 4.79 Å². The van der Waals surface area contributed by atoms with E-state index in [-0.39, 0.29) is 18.6 Å². The number of rotatable bonds is 1. The van der Waals surface area contributed by atoms with Crippen molar-refractivity contribution in [2.45, 2.75) is 6.10 Å². The number of nitrogens with one attached hydrogen (secondary N) is 1. The molecule has 80 valence electrons. The predicted molar refractivity (Wildman–Crippen MR) is 53.1 cm³/mol. The molecule has 1 aliphatic heterocycles. The second-order valence-corrected chi connectivity index (χ2v) is 3.74. The van der Waals surface area contributed by atoms with E-state index in [1.54, 1.807) is 6.07 Å². The largest absolute Gasteiger partial charge is 0.362 e. The van der Waals surface area contributed by atoms with Gasteiger partial charge in [0.05, 0.1) is 0 Å². The van der Waals surface area contributed by atoms with Crippen molar-refractivity contribution in [2.24, 2.45) is 0 Å². The van der Waals surface area contributed by atoms with Gasteiger partial charge in [-0.2, -0.15) is 0 Å². The highest BCUT2D eigenvalue weighted by atomic mass is 35.5. The zero-order chi connectivity index (χ0) is 10.8. The molecule has 1 fully saturated rings. The normalized spacial score (nSPS) is 21.2. The molecule has 0 unspecified atom stereocenters. The molecule has 3 nitrogen and oxygen atoms in total. The van der Waals surface area contributed by atoms with Crippen LogP contribution >= 0.6 is 11.6 Å². The minimum atomic E-state index is -0.405. The van der Waals surface area contributed by atoms with Gasteiger partial charge in [-0.1, -0.05) is 11.6 Å². The van der Waals surface area contributed by atoms with Crippen molar-refractivity contribution < 1.29 is 13.9 Å². The second-order valence-electron chi connectivity index (χ2n) is 3.31. The molecule has 1 N–H and O–H groups in total. The fourth-order valence-corrected chi connectivity index (χ4v) is 1.70. The zero-order valence-corrected chi connectivity index (χ0v) is 8.55. The second kappa shape index (κ2) is 4.16. The summed E-state index contributed by atoms with van der Waals surface area (Å²) in [4.78, 5) is 10.8. The quantitative estimate of drug-likeness (QED) is 0.796. The fraction of sp³-hybridized carbons (Fsp3) is 0.300. The monoisotopic (exact) mass is 229 g/mol. The van der Waals surface area contributed by atoms with Crippen molar-refractivity contribution in [2.75, 3.05) is 13.2 Å². The van der Waals surface area contributed by atoms with E-state index >= 15 is 0 Å². The Bertz CT molecular complexity index is 367. The van der Waals surface area contributed by atoms with E-state index in [0.717, 1.165) is 0 Å². The third kappa shape index (κ3) is 2.46. The van der Waals surface area contributed by atoms with E-state index in [1.165, 1.54) is 12.1 Å². The minimum absolute atomic E-state index is 0.00119. The average Bonchev–Trinajstić information content (AvgIpc) is 2.17. The Labute approximate surface area is 91.2 Å². The molecule has 1 aromatic carbocycles. The predicted octanol–water partition coefficient (Wildman–Crippen LogP) is 1.67. The summed E-state index contributed by atoms with van der Waals surface area (Å²) >= 11 is 5.72. The Hall–Kier alpha value is -1.13. The fourth-order valence-electron chi connectivity index (χ4n) is 1.47. The number of benzene rings is 1. The van der Waals surface area contributed by atoms with Gasteiger partial charge < -0.3 is 10.1 Å². The number of hydrogen-bond acceptors (Lipinski definition) is 2. The van der Waals surface area contributed by atoms with Gasteiger partial charge in [-0.25, -0.2) is 4.39 Å². The van der Waals surface area contributed by atoms with Crippen LogP contribution in [-0.2, 0) is 9.53 Å². The summed E-state index contributed by atoms with van der Waals surface area (Å²) in [6, 6.07) is 4.22. The Morgan fingerprint density at radius 1 is 1.47 bits per heavy atom. The van der Waals surface area contributed by atoms with Crippen molar-refractivity contribution in [3.05, 3.63) is 34.6 Å². The lowest BCUT2D eigenvalue weighted by molar-refractivity contribution is -0.133. The van der Waals surface area contributed by atoms with Gasteiger partial charge in [0, 0.05) is 11.6 Å².